The Balaban J connectivity index is 2.17. The number of nitrogens with zero attached hydrogens (tertiary/aromatic N) is 1. The fourth-order valence-electron chi connectivity index (χ4n) is 2.68. The second kappa shape index (κ2) is 5.89. The van der Waals surface area contributed by atoms with Gasteiger partial charge in [-0.3, -0.25) is 4.90 Å². The molecule has 0 aromatic heterocycles. The van der Waals surface area contributed by atoms with Crippen LogP contribution in [-0.4, -0.2) is 30.3 Å². The summed E-state index contributed by atoms with van der Waals surface area (Å²) in [4.78, 5) is 3.85. The Hall–Kier alpha value is -0.510. The Morgan fingerprint density at radius 1 is 1.35 bits per heavy atom. The van der Waals surface area contributed by atoms with E-state index in [0.717, 1.165) is 19.5 Å². The van der Waals surface area contributed by atoms with Gasteiger partial charge < -0.3 is 5.73 Å². The lowest BCUT2D eigenvalue weighted by molar-refractivity contribution is 0.248. The molecule has 94 valence electrons. The minimum Gasteiger partial charge on any atom is -0.326 e. The minimum atomic E-state index is 0.293. The highest BCUT2D eigenvalue weighted by Gasteiger charge is 2.31. The maximum atomic E-state index is 6.26. The van der Waals surface area contributed by atoms with Crippen LogP contribution in [0.15, 0.2) is 29.2 Å². The minimum absolute atomic E-state index is 0.293. The predicted molar refractivity (Wildman–Crippen MR) is 75.4 cm³/mol. The fourth-order valence-corrected chi connectivity index (χ4v) is 3.09. The summed E-state index contributed by atoms with van der Waals surface area (Å²) in [6.07, 6.45) is 4.43. The Kier molecular flexibility index (Phi) is 4.48. The molecule has 1 aliphatic rings. The monoisotopic (exact) mass is 250 g/mol. The van der Waals surface area contributed by atoms with Crippen molar-refractivity contribution in [3.05, 3.63) is 29.8 Å². The van der Waals surface area contributed by atoms with Gasteiger partial charge in [0.25, 0.3) is 0 Å². The van der Waals surface area contributed by atoms with Gasteiger partial charge in [0, 0.05) is 23.5 Å². The molecule has 0 radical (unpaired) electrons. The summed E-state index contributed by atoms with van der Waals surface area (Å²) < 4.78 is 0. The number of benzene rings is 1. The van der Waals surface area contributed by atoms with Gasteiger partial charge in [-0.25, -0.2) is 0 Å². The fraction of sp³-hybridized carbons (Fsp3) is 0.571. The van der Waals surface area contributed by atoms with Crippen molar-refractivity contribution in [1.29, 1.82) is 0 Å². The van der Waals surface area contributed by atoms with Crippen molar-refractivity contribution in [2.45, 2.75) is 36.7 Å². The summed E-state index contributed by atoms with van der Waals surface area (Å²) in [7, 11) is 0. The molecule has 3 heteroatoms. The first-order valence-corrected chi connectivity index (χ1v) is 7.62. The number of nitrogens with two attached hydrogens (primary N) is 1. The third-order valence-electron chi connectivity index (χ3n) is 3.52. The summed E-state index contributed by atoms with van der Waals surface area (Å²) in [6, 6.07) is 9.60. The quantitative estimate of drug-likeness (QED) is 0.833. The van der Waals surface area contributed by atoms with Crippen molar-refractivity contribution < 1.29 is 0 Å². The first-order valence-electron chi connectivity index (χ1n) is 6.40. The van der Waals surface area contributed by atoms with E-state index in [0.29, 0.717) is 12.1 Å². The van der Waals surface area contributed by atoms with E-state index in [9.17, 15) is 0 Å². The van der Waals surface area contributed by atoms with Crippen molar-refractivity contribution >= 4 is 11.8 Å². The van der Waals surface area contributed by atoms with Gasteiger partial charge in [-0.15, -0.1) is 11.8 Å². The van der Waals surface area contributed by atoms with Crippen molar-refractivity contribution in [2.75, 3.05) is 19.3 Å². The number of hydrogen-bond acceptors (Lipinski definition) is 3. The molecule has 1 aromatic rings. The topological polar surface area (TPSA) is 29.3 Å². The van der Waals surface area contributed by atoms with Gasteiger partial charge in [0.2, 0.25) is 0 Å². The zero-order valence-corrected chi connectivity index (χ0v) is 11.5. The molecule has 17 heavy (non-hydrogen) atoms. The number of thioether (sulfide) groups is 1. The van der Waals surface area contributed by atoms with Crippen molar-refractivity contribution in [3.63, 3.8) is 0 Å². The highest BCUT2D eigenvalue weighted by Crippen LogP contribution is 2.32. The Morgan fingerprint density at radius 2 is 2.06 bits per heavy atom. The second-order valence-electron chi connectivity index (χ2n) is 4.71. The average molecular weight is 250 g/mol. The number of rotatable bonds is 4. The molecular weight excluding hydrogens is 228 g/mol. The standard InChI is InChI=1S/C14H22N2S/c1-3-9-16-10-8-13(15)14(16)11-4-6-12(17-2)7-5-11/h4-7,13-14H,3,8-10,15H2,1-2H3. The predicted octanol–water partition coefficient (Wildman–Crippen LogP) is 2.89. The van der Waals surface area contributed by atoms with Gasteiger partial charge in [0.05, 0.1) is 0 Å². The van der Waals surface area contributed by atoms with Gasteiger partial charge in [0.1, 0.15) is 0 Å². The van der Waals surface area contributed by atoms with Crippen LogP contribution in [0.25, 0.3) is 0 Å². The maximum Gasteiger partial charge on any atom is 0.0499 e. The molecule has 2 unspecified atom stereocenters. The number of likely N-dealkylation sites (tertiary alicyclic amines) is 1. The summed E-state index contributed by atoms with van der Waals surface area (Å²) >= 11 is 1.79. The summed E-state index contributed by atoms with van der Waals surface area (Å²) in [5, 5.41) is 0. The molecule has 0 amide bonds. The lowest BCUT2D eigenvalue weighted by Gasteiger charge is -2.26. The summed E-state index contributed by atoms with van der Waals surface area (Å²) in [6.45, 7) is 4.53. The van der Waals surface area contributed by atoms with Crippen molar-refractivity contribution in [2.24, 2.45) is 5.73 Å². The van der Waals surface area contributed by atoms with Crippen molar-refractivity contribution in [3.8, 4) is 0 Å². The third-order valence-corrected chi connectivity index (χ3v) is 4.26. The molecule has 1 fully saturated rings. The zero-order chi connectivity index (χ0) is 12.3. The molecule has 0 spiro atoms. The van der Waals surface area contributed by atoms with Crippen LogP contribution < -0.4 is 5.73 Å². The lowest BCUT2D eigenvalue weighted by atomic mass is 10.0. The highest BCUT2D eigenvalue weighted by atomic mass is 32.2. The molecule has 0 aliphatic carbocycles. The van der Waals surface area contributed by atoms with E-state index in [1.54, 1.807) is 11.8 Å². The molecule has 2 N–H and O–H groups in total. The molecule has 1 heterocycles. The normalized spacial score (nSPS) is 25.4. The molecule has 0 saturated carbocycles. The Labute approximate surface area is 109 Å². The Bertz CT molecular complexity index is 348. The van der Waals surface area contributed by atoms with E-state index in [2.05, 4.69) is 42.3 Å². The van der Waals surface area contributed by atoms with E-state index in [4.69, 9.17) is 5.73 Å². The van der Waals surface area contributed by atoms with Crippen LogP contribution in [0.5, 0.6) is 0 Å². The lowest BCUT2D eigenvalue weighted by Crippen LogP contribution is -2.32. The van der Waals surface area contributed by atoms with E-state index >= 15 is 0 Å². The van der Waals surface area contributed by atoms with Gasteiger partial charge in [-0.1, -0.05) is 19.1 Å². The van der Waals surface area contributed by atoms with Crippen LogP contribution in [-0.2, 0) is 0 Å². The van der Waals surface area contributed by atoms with E-state index < -0.39 is 0 Å². The molecule has 2 rings (SSSR count). The van der Waals surface area contributed by atoms with Crippen LogP contribution in [0.3, 0.4) is 0 Å². The third kappa shape index (κ3) is 2.84. The van der Waals surface area contributed by atoms with E-state index in [1.807, 2.05) is 0 Å². The summed E-state index contributed by atoms with van der Waals surface area (Å²) in [5.41, 5.74) is 7.63. The first kappa shape index (κ1) is 12.9. The largest absolute Gasteiger partial charge is 0.326 e. The van der Waals surface area contributed by atoms with Gasteiger partial charge in [0.15, 0.2) is 0 Å². The van der Waals surface area contributed by atoms with E-state index in [-0.39, 0.29) is 0 Å². The van der Waals surface area contributed by atoms with Crippen LogP contribution in [0.4, 0.5) is 0 Å². The molecule has 0 bridgehead atoms. The molecule has 2 atom stereocenters. The molecule has 2 nitrogen and oxygen atoms in total. The van der Waals surface area contributed by atoms with Crippen LogP contribution in [0, 0.1) is 0 Å². The Morgan fingerprint density at radius 3 is 2.65 bits per heavy atom. The SMILES string of the molecule is CCCN1CCC(N)C1c1ccc(SC)cc1. The smallest absolute Gasteiger partial charge is 0.0499 e. The van der Waals surface area contributed by atoms with Crippen LogP contribution in [0.2, 0.25) is 0 Å². The summed E-state index contributed by atoms with van der Waals surface area (Å²) in [5.74, 6) is 0. The number of hydrogen-bond donors (Lipinski definition) is 1. The highest BCUT2D eigenvalue weighted by molar-refractivity contribution is 7.98. The van der Waals surface area contributed by atoms with E-state index in [1.165, 1.54) is 16.9 Å². The average Bonchev–Trinajstić information content (AvgIpc) is 2.71. The molecule has 1 aliphatic heterocycles. The molecule has 1 aromatic carbocycles. The van der Waals surface area contributed by atoms with Crippen LogP contribution >= 0.6 is 11.8 Å². The zero-order valence-electron chi connectivity index (χ0n) is 10.7. The molecular formula is C14H22N2S. The maximum absolute atomic E-state index is 6.26. The first-order chi connectivity index (χ1) is 8.26. The van der Waals surface area contributed by atoms with Gasteiger partial charge in [-0.2, -0.15) is 0 Å². The van der Waals surface area contributed by atoms with Gasteiger partial charge in [-0.05, 0) is 43.3 Å². The van der Waals surface area contributed by atoms with Gasteiger partial charge >= 0.3 is 0 Å². The second-order valence-corrected chi connectivity index (χ2v) is 5.59. The van der Waals surface area contributed by atoms with Crippen LogP contribution in [0.1, 0.15) is 31.4 Å². The van der Waals surface area contributed by atoms with Crippen molar-refractivity contribution in [1.82, 2.24) is 4.90 Å². The molecule has 1 saturated heterocycles.